The highest BCUT2D eigenvalue weighted by atomic mass is 16.5. The summed E-state index contributed by atoms with van der Waals surface area (Å²) in [7, 11) is 0. The summed E-state index contributed by atoms with van der Waals surface area (Å²) in [5.74, 6) is 2.74. The van der Waals surface area contributed by atoms with E-state index in [2.05, 4.69) is 26.9 Å². The van der Waals surface area contributed by atoms with Crippen LogP contribution >= 0.6 is 0 Å². The van der Waals surface area contributed by atoms with Crippen LogP contribution in [0.2, 0.25) is 0 Å². The van der Waals surface area contributed by atoms with Crippen LogP contribution in [0.15, 0.2) is 41.5 Å². The Labute approximate surface area is 141 Å². The third kappa shape index (κ3) is 4.10. The second kappa shape index (κ2) is 8.67. The van der Waals surface area contributed by atoms with Crippen molar-refractivity contribution in [3.63, 3.8) is 0 Å². The quantitative estimate of drug-likeness (QED) is 0.590. The molecular weight excluding hydrogens is 304 g/mol. The van der Waals surface area contributed by atoms with Crippen LogP contribution in [0, 0.1) is 0 Å². The number of H-pyrrole nitrogens is 1. The molecule has 0 radical (unpaired) electrons. The van der Waals surface area contributed by atoms with Crippen LogP contribution in [-0.4, -0.2) is 35.1 Å². The van der Waals surface area contributed by atoms with Gasteiger partial charge in [-0.05, 0) is 51.8 Å². The first kappa shape index (κ1) is 17.5. The van der Waals surface area contributed by atoms with Crippen molar-refractivity contribution < 1.29 is 9.47 Å². The van der Waals surface area contributed by atoms with Crippen LogP contribution in [0.1, 0.15) is 26.6 Å². The third-order valence-corrected chi connectivity index (χ3v) is 3.25. The molecular formula is C18H22N4O2. The van der Waals surface area contributed by atoms with Crippen molar-refractivity contribution in [2.45, 2.75) is 20.8 Å². The smallest absolute Gasteiger partial charge is 0.161 e. The molecule has 0 unspecified atom stereocenters. The lowest BCUT2D eigenvalue weighted by Crippen LogP contribution is -1.98. The zero-order valence-electron chi connectivity index (χ0n) is 14.2. The van der Waals surface area contributed by atoms with Crippen LogP contribution in [0.4, 0.5) is 0 Å². The van der Waals surface area contributed by atoms with Crippen molar-refractivity contribution in [2.24, 2.45) is 4.99 Å². The maximum absolute atomic E-state index is 5.65. The molecule has 0 aliphatic carbocycles. The van der Waals surface area contributed by atoms with Gasteiger partial charge >= 0.3 is 0 Å². The number of nitrogens with zero attached hydrogens (tertiary/aromatic N) is 3. The van der Waals surface area contributed by atoms with Crippen molar-refractivity contribution in [3.05, 3.63) is 42.4 Å². The van der Waals surface area contributed by atoms with Gasteiger partial charge in [-0.1, -0.05) is 6.08 Å². The van der Waals surface area contributed by atoms with Crippen LogP contribution in [0.3, 0.4) is 0 Å². The van der Waals surface area contributed by atoms with Crippen molar-refractivity contribution in [1.29, 1.82) is 0 Å². The molecule has 24 heavy (non-hydrogen) atoms. The summed E-state index contributed by atoms with van der Waals surface area (Å²) in [5, 5.41) is 8.41. The van der Waals surface area contributed by atoms with Crippen molar-refractivity contribution in [1.82, 2.24) is 15.2 Å². The number of hydrogen-bond donors (Lipinski definition) is 1. The van der Waals surface area contributed by atoms with Crippen LogP contribution in [0.25, 0.3) is 17.0 Å². The Kier molecular flexibility index (Phi) is 6.31. The maximum atomic E-state index is 5.65. The number of allylic oxidation sites excluding steroid dienone is 3. The molecule has 6 nitrogen and oxygen atoms in total. The van der Waals surface area contributed by atoms with Gasteiger partial charge in [-0.3, -0.25) is 4.99 Å². The van der Waals surface area contributed by atoms with Crippen LogP contribution in [-0.2, 0) is 0 Å². The minimum atomic E-state index is 0.563. The Morgan fingerprint density at radius 2 is 1.96 bits per heavy atom. The largest absolute Gasteiger partial charge is 0.490 e. The lowest BCUT2D eigenvalue weighted by atomic mass is 10.2. The molecule has 1 aromatic heterocycles. The van der Waals surface area contributed by atoms with E-state index in [1.165, 1.54) is 0 Å². The highest BCUT2D eigenvalue weighted by Crippen LogP contribution is 2.32. The van der Waals surface area contributed by atoms with Gasteiger partial charge in [0.05, 0.1) is 13.2 Å². The van der Waals surface area contributed by atoms with Gasteiger partial charge in [-0.2, -0.15) is 0 Å². The van der Waals surface area contributed by atoms with E-state index >= 15 is 0 Å². The summed E-state index contributed by atoms with van der Waals surface area (Å²) in [6.07, 6.45) is 5.36. The van der Waals surface area contributed by atoms with E-state index in [1.807, 2.05) is 51.1 Å². The van der Waals surface area contributed by atoms with Gasteiger partial charge in [0.15, 0.2) is 23.1 Å². The fourth-order valence-electron chi connectivity index (χ4n) is 2.17. The molecule has 0 spiro atoms. The first-order valence-corrected chi connectivity index (χ1v) is 7.85. The lowest BCUT2D eigenvalue weighted by Gasteiger charge is -2.11. The average molecular weight is 326 g/mol. The molecule has 2 rings (SSSR count). The summed E-state index contributed by atoms with van der Waals surface area (Å²) in [4.78, 5) is 6.92. The normalized spacial score (nSPS) is 11.7. The predicted octanol–water partition coefficient (Wildman–Crippen LogP) is 3.89. The Morgan fingerprint density at radius 3 is 2.62 bits per heavy atom. The maximum Gasteiger partial charge on any atom is 0.161 e. The number of nitrogens with one attached hydrogen (secondary N) is 1. The molecule has 6 heteroatoms. The van der Waals surface area contributed by atoms with E-state index in [1.54, 1.807) is 6.20 Å². The molecule has 0 amide bonds. The molecule has 0 atom stereocenters. The topological polar surface area (TPSA) is 72.4 Å². The van der Waals surface area contributed by atoms with E-state index in [-0.39, 0.29) is 0 Å². The van der Waals surface area contributed by atoms with Crippen LogP contribution < -0.4 is 9.47 Å². The summed E-state index contributed by atoms with van der Waals surface area (Å²) >= 11 is 0. The Hall–Kier alpha value is -2.89. The standard InChI is InChI=1S/C18H22N4O2/c1-5-13(10-11-19-4)17-20-18(22-21-17)14-8-9-15(23-6-2)16(12-14)24-7-3/h5,8-12H,4,6-7H2,1-3H3,(H,20,21,22)/b11-10-,13-5+. The summed E-state index contributed by atoms with van der Waals surface area (Å²) < 4.78 is 11.2. The fraction of sp³-hybridized carbons (Fsp3) is 0.278. The van der Waals surface area contributed by atoms with Crippen molar-refractivity contribution >= 4 is 12.3 Å². The number of benzene rings is 1. The van der Waals surface area contributed by atoms with Gasteiger partial charge in [0.1, 0.15) is 0 Å². The fourth-order valence-corrected chi connectivity index (χ4v) is 2.17. The van der Waals surface area contributed by atoms with E-state index in [0.717, 1.165) is 16.9 Å². The van der Waals surface area contributed by atoms with Gasteiger partial charge in [0.2, 0.25) is 0 Å². The number of aromatic amines is 1. The van der Waals surface area contributed by atoms with Gasteiger partial charge < -0.3 is 14.5 Å². The SMILES string of the molecule is C=N/C=C\C(=C/C)c1nnc(-c2ccc(OCC)c(OCC)c2)[nH]1. The average Bonchev–Trinajstić information content (AvgIpc) is 3.07. The Bertz CT molecular complexity index is 747. The number of ether oxygens (including phenoxy) is 2. The molecule has 126 valence electrons. The van der Waals surface area contributed by atoms with Crippen LogP contribution in [0.5, 0.6) is 11.5 Å². The minimum absolute atomic E-state index is 0.563. The summed E-state index contributed by atoms with van der Waals surface area (Å²) in [6, 6.07) is 5.70. The summed E-state index contributed by atoms with van der Waals surface area (Å²) in [6.45, 7) is 10.4. The number of aromatic nitrogens is 3. The minimum Gasteiger partial charge on any atom is -0.490 e. The van der Waals surface area contributed by atoms with Gasteiger partial charge in [-0.15, -0.1) is 10.2 Å². The second-order valence-corrected chi connectivity index (χ2v) is 4.79. The predicted molar refractivity (Wildman–Crippen MR) is 96.5 cm³/mol. The van der Waals surface area contributed by atoms with E-state index in [4.69, 9.17) is 9.47 Å². The molecule has 0 fully saturated rings. The van der Waals surface area contributed by atoms with Gasteiger partial charge in [0.25, 0.3) is 0 Å². The van der Waals surface area contributed by atoms with E-state index in [9.17, 15) is 0 Å². The monoisotopic (exact) mass is 326 g/mol. The molecule has 2 aromatic rings. The molecule has 0 saturated carbocycles. The van der Waals surface area contributed by atoms with Crippen molar-refractivity contribution in [2.75, 3.05) is 13.2 Å². The number of rotatable bonds is 8. The zero-order chi connectivity index (χ0) is 17.4. The highest BCUT2D eigenvalue weighted by molar-refractivity contribution is 5.71. The van der Waals surface area contributed by atoms with Gasteiger partial charge in [0, 0.05) is 17.3 Å². The molecule has 1 aromatic carbocycles. The third-order valence-electron chi connectivity index (χ3n) is 3.25. The molecule has 0 bridgehead atoms. The lowest BCUT2D eigenvalue weighted by molar-refractivity contribution is 0.288. The molecule has 1 heterocycles. The highest BCUT2D eigenvalue weighted by Gasteiger charge is 2.11. The molecule has 0 aliphatic heterocycles. The zero-order valence-corrected chi connectivity index (χ0v) is 14.2. The Balaban J connectivity index is 2.34. The van der Waals surface area contributed by atoms with Crippen molar-refractivity contribution in [3.8, 4) is 22.9 Å². The van der Waals surface area contributed by atoms with E-state index < -0.39 is 0 Å². The first-order chi connectivity index (χ1) is 11.7. The first-order valence-electron chi connectivity index (χ1n) is 7.85. The molecule has 0 saturated heterocycles. The number of hydrogen-bond acceptors (Lipinski definition) is 5. The van der Waals surface area contributed by atoms with E-state index in [0.29, 0.717) is 30.6 Å². The molecule has 1 N–H and O–H groups in total. The Morgan fingerprint density at radius 1 is 1.21 bits per heavy atom. The molecule has 0 aliphatic rings. The second-order valence-electron chi connectivity index (χ2n) is 4.79. The number of aliphatic imine (C=N–C) groups is 1. The van der Waals surface area contributed by atoms with Gasteiger partial charge in [-0.25, -0.2) is 0 Å². The summed E-state index contributed by atoms with van der Waals surface area (Å²) in [5.41, 5.74) is 1.76.